The number of hydrogen-bond donors (Lipinski definition) is 1. The Hall–Kier alpha value is -3.13. The molecule has 7 nitrogen and oxygen atoms in total. The number of nitrogens with zero attached hydrogens (tertiary/aromatic N) is 2. The summed E-state index contributed by atoms with van der Waals surface area (Å²) in [6.07, 6.45) is 0.278. The van der Waals surface area contributed by atoms with Crippen molar-refractivity contribution in [3.05, 3.63) is 53.8 Å². The summed E-state index contributed by atoms with van der Waals surface area (Å²) in [5.41, 5.74) is 1.29. The fourth-order valence-corrected chi connectivity index (χ4v) is 3.40. The van der Waals surface area contributed by atoms with Gasteiger partial charge in [-0.05, 0) is 35.9 Å². The normalized spacial score (nSPS) is 14.3. The maximum absolute atomic E-state index is 13.2. The summed E-state index contributed by atoms with van der Waals surface area (Å²) in [7, 11) is 3.13. The predicted octanol–water partition coefficient (Wildman–Crippen LogP) is 2.17. The number of nitrogens with one attached hydrogen (secondary N) is 1. The van der Waals surface area contributed by atoms with Crippen LogP contribution in [0, 0.1) is 5.82 Å². The van der Waals surface area contributed by atoms with Crippen LogP contribution in [0.2, 0.25) is 0 Å². The van der Waals surface area contributed by atoms with E-state index in [-0.39, 0.29) is 24.8 Å². The third kappa shape index (κ3) is 5.70. The molecular formula is C22H26FN3O4. The smallest absolute Gasteiger partial charge is 0.238 e. The molecule has 160 valence electrons. The Morgan fingerprint density at radius 2 is 1.73 bits per heavy atom. The highest BCUT2D eigenvalue weighted by Crippen LogP contribution is 2.27. The largest absolute Gasteiger partial charge is 0.493 e. The first-order valence-electron chi connectivity index (χ1n) is 9.75. The number of hydrogen-bond acceptors (Lipinski definition) is 5. The lowest BCUT2D eigenvalue weighted by Crippen LogP contribution is -2.50. The van der Waals surface area contributed by atoms with E-state index in [4.69, 9.17) is 9.47 Å². The number of halogens is 1. The summed E-state index contributed by atoms with van der Waals surface area (Å²) < 4.78 is 23.7. The number of methoxy groups -OCH3 is 2. The van der Waals surface area contributed by atoms with Crippen molar-refractivity contribution in [1.82, 2.24) is 9.80 Å². The fourth-order valence-electron chi connectivity index (χ4n) is 3.40. The van der Waals surface area contributed by atoms with Gasteiger partial charge in [-0.1, -0.05) is 12.1 Å². The minimum Gasteiger partial charge on any atom is -0.493 e. The first kappa shape index (κ1) is 21.6. The minimum atomic E-state index is -0.394. The Bertz CT molecular complexity index is 898. The Kier molecular flexibility index (Phi) is 7.24. The number of benzene rings is 2. The van der Waals surface area contributed by atoms with Crippen LogP contribution in [0.1, 0.15) is 5.56 Å². The molecule has 8 heteroatoms. The minimum absolute atomic E-state index is 0.0334. The third-order valence-corrected chi connectivity index (χ3v) is 5.00. The predicted molar refractivity (Wildman–Crippen MR) is 111 cm³/mol. The molecule has 0 bridgehead atoms. The Morgan fingerprint density at radius 3 is 2.40 bits per heavy atom. The second-order valence-electron chi connectivity index (χ2n) is 7.08. The molecule has 30 heavy (non-hydrogen) atoms. The van der Waals surface area contributed by atoms with Gasteiger partial charge in [0.25, 0.3) is 0 Å². The molecule has 0 radical (unpaired) electrons. The Morgan fingerprint density at radius 1 is 1.00 bits per heavy atom. The van der Waals surface area contributed by atoms with Gasteiger partial charge in [0.1, 0.15) is 5.82 Å². The molecule has 0 aromatic heterocycles. The molecule has 0 spiro atoms. The van der Waals surface area contributed by atoms with Crippen LogP contribution >= 0.6 is 0 Å². The standard InChI is InChI=1S/C22H26FN3O4/c1-29-19-7-6-16(12-20(19)30-2)13-22(28)26-10-8-25(9-11-26)15-21(27)24-18-5-3-4-17(23)14-18/h3-7,12,14H,8-11,13,15H2,1-2H3,(H,24,27). The molecule has 1 heterocycles. The number of carbonyl (C=O) groups is 2. The van der Waals surface area contributed by atoms with Crippen LogP contribution in [-0.4, -0.2) is 68.6 Å². The van der Waals surface area contributed by atoms with E-state index in [1.807, 2.05) is 17.0 Å². The van der Waals surface area contributed by atoms with Gasteiger partial charge in [0.15, 0.2) is 11.5 Å². The number of anilines is 1. The first-order chi connectivity index (χ1) is 14.5. The lowest BCUT2D eigenvalue weighted by atomic mass is 10.1. The van der Waals surface area contributed by atoms with Gasteiger partial charge in [-0.15, -0.1) is 0 Å². The maximum Gasteiger partial charge on any atom is 0.238 e. The summed E-state index contributed by atoms with van der Waals surface area (Å²) in [5.74, 6) is 0.655. The SMILES string of the molecule is COc1ccc(CC(=O)N2CCN(CC(=O)Nc3cccc(F)c3)CC2)cc1OC. The van der Waals surface area contributed by atoms with E-state index in [1.165, 1.54) is 12.1 Å². The van der Waals surface area contributed by atoms with Crippen LogP contribution < -0.4 is 14.8 Å². The molecule has 3 rings (SSSR count). The van der Waals surface area contributed by atoms with Crippen molar-refractivity contribution < 1.29 is 23.5 Å². The summed E-state index contributed by atoms with van der Waals surface area (Å²) >= 11 is 0. The molecule has 2 amide bonds. The van der Waals surface area contributed by atoms with Crippen molar-refractivity contribution in [3.8, 4) is 11.5 Å². The van der Waals surface area contributed by atoms with Gasteiger partial charge in [-0.3, -0.25) is 14.5 Å². The quantitative estimate of drug-likeness (QED) is 0.751. The zero-order chi connectivity index (χ0) is 21.5. The van der Waals surface area contributed by atoms with Crippen LogP contribution in [0.25, 0.3) is 0 Å². The Balaban J connectivity index is 1.46. The molecule has 1 fully saturated rings. The lowest BCUT2D eigenvalue weighted by molar-refractivity contribution is -0.132. The molecular weight excluding hydrogens is 389 g/mol. The number of rotatable bonds is 7. The maximum atomic E-state index is 13.2. The second kappa shape index (κ2) is 10.1. The highest BCUT2D eigenvalue weighted by Gasteiger charge is 2.23. The van der Waals surface area contributed by atoms with Gasteiger partial charge in [-0.25, -0.2) is 4.39 Å². The molecule has 0 unspecified atom stereocenters. The van der Waals surface area contributed by atoms with Gasteiger partial charge >= 0.3 is 0 Å². The molecule has 2 aromatic rings. The molecule has 1 aliphatic heterocycles. The zero-order valence-electron chi connectivity index (χ0n) is 17.2. The van der Waals surface area contributed by atoms with Gasteiger partial charge in [0.2, 0.25) is 11.8 Å². The lowest BCUT2D eigenvalue weighted by Gasteiger charge is -2.34. The van der Waals surface area contributed by atoms with E-state index in [0.717, 1.165) is 5.56 Å². The van der Waals surface area contributed by atoms with Crippen LogP contribution in [0.15, 0.2) is 42.5 Å². The van der Waals surface area contributed by atoms with Crippen molar-refractivity contribution in [2.45, 2.75) is 6.42 Å². The molecule has 0 aliphatic carbocycles. The van der Waals surface area contributed by atoms with E-state index in [1.54, 1.807) is 37.3 Å². The molecule has 1 N–H and O–H groups in total. The van der Waals surface area contributed by atoms with Crippen LogP contribution in [0.4, 0.5) is 10.1 Å². The van der Waals surface area contributed by atoms with Gasteiger partial charge in [0, 0.05) is 31.9 Å². The highest BCUT2D eigenvalue weighted by molar-refractivity contribution is 5.92. The van der Waals surface area contributed by atoms with Crippen LogP contribution in [0.3, 0.4) is 0 Å². The molecule has 1 aliphatic rings. The summed E-state index contributed by atoms with van der Waals surface area (Å²) in [5, 5.41) is 2.69. The van der Waals surface area contributed by atoms with E-state index in [9.17, 15) is 14.0 Å². The van der Waals surface area contributed by atoms with Crippen molar-refractivity contribution in [3.63, 3.8) is 0 Å². The highest BCUT2D eigenvalue weighted by atomic mass is 19.1. The number of ether oxygens (including phenoxy) is 2. The Labute approximate surface area is 175 Å². The zero-order valence-corrected chi connectivity index (χ0v) is 17.2. The van der Waals surface area contributed by atoms with E-state index < -0.39 is 5.82 Å². The monoisotopic (exact) mass is 415 g/mol. The second-order valence-corrected chi connectivity index (χ2v) is 7.08. The van der Waals surface area contributed by atoms with Crippen LogP contribution in [-0.2, 0) is 16.0 Å². The average molecular weight is 415 g/mol. The van der Waals surface area contributed by atoms with E-state index in [0.29, 0.717) is 43.4 Å². The van der Waals surface area contributed by atoms with Gasteiger partial charge in [-0.2, -0.15) is 0 Å². The van der Waals surface area contributed by atoms with E-state index >= 15 is 0 Å². The summed E-state index contributed by atoms with van der Waals surface area (Å²) in [6, 6.07) is 11.3. The van der Waals surface area contributed by atoms with Crippen molar-refractivity contribution in [2.75, 3.05) is 52.3 Å². The van der Waals surface area contributed by atoms with Crippen molar-refractivity contribution >= 4 is 17.5 Å². The summed E-state index contributed by atoms with van der Waals surface area (Å²) in [6.45, 7) is 2.52. The van der Waals surface area contributed by atoms with E-state index in [2.05, 4.69) is 5.32 Å². The average Bonchev–Trinajstić information content (AvgIpc) is 2.74. The molecule has 1 saturated heterocycles. The molecule has 2 aromatic carbocycles. The fraction of sp³-hybridized carbons (Fsp3) is 0.364. The number of piperazine rings is 1. The number of carbonyl (C=O) groups excluding carboxylic acids is 2. The first-order valence-corrected chi connectivity index (χ1v) is 9.75. The topological polar surface area (TPSA) is 71.1 Å². The van der Waals surface area contributed by atoms with Crippen molar-refractivity contribution in [2.24, 2.45) is 0 Å². The van der Waals surface area contributed by atoms with Gasteiger partial charge < -0.3 is 19.7 Å². The van der Waals surface area contributed by atoms with Gasteiger partial charge in [0.05, 0.1) is 27.2 Å². The molecule has 0 atom stereocenters. The molecule has 0 saturated carbocycles. The van der Waals surface area contributed by atoms with Crippen molar-refractivity contribution in [1.29, 1.82) is 0 Å². The van der Waals surface area contributed by atoms with Crippen LogP contribution in [0.5, 0.6) is 11.5 Å². The number of amides is 2. The third-order valence-electron chi connectivity index (χ3n) is 5.00. The summed E-state index contributed by atoms with van der Waals surface area (Å²) in [4.78, 5) is 28.6.